The molecule has 0 saturated heterocycles. The summed E-state index contributed by atoms with van der Waals surface area (Å²) in [6.07, 6.45) is 6.53. The molecule has 2 rings (SSSR count). The van der Waals surface area contributed by atoms with Gasteiger partial charge in [0.1, 0.15) is 5.82 Å². The number of hydrogen-bond acceptors (Lipinski definition) is 3. The summed E-state index contributed by atoms with van der Waals surface area (Å²) in [5, 5.41) is 3.29. The Morgan fingerprint density at radius 1 is 1.63 bits per heavy atom. The Bertz CT molecular complexity index is 425. The minimum Gasteiger partial charge on any atom is -0.337 e. The number of rotatable bonds is 7. The predicted molar refractivity (Wildman–Crippen MR) is 74.5 cm³/mol. The summed E-state index contributed by atoms with van der Waals surface area (Å²) in [6.45, 7) is 5.66. The first-order valence-electron chi connectivity index (χ1n) is 7.10. The molecule has 1 aromatic heterocycles. The zero-order valence-electron chi connectivity index (χ0n) is 12.1. The molecule has 5 nitrogen and oxygen atoms in total. The van der Waals surface area contributed by atoms with E-state index in [-0.39, 0.29) is 11.9 Å². The van der Waals surface area contributed by atoms with Crippen molar-refractivity contribution in [2.75, 3.05) is 6.54 Å². The number of carbonyl (C=O) groups excluding carboxylic acids is 1. The quantitative estimate of drug-likeness (QED) is 0.807. The molecule has 1 aliphatic carbocycles. The summed E-state index contributed by atoms with van der Waals surface area (Å²) in [4.78, 5) is 18.7. The third-order valence-electron chi connectivity index (χ3n) is 3.57. The lowest BCUT2D eigenvalue weighted by molar-refractivity contribution is -0.133. The number of imidazole rings is 1. The van der Waals surface area contributed by atoms with Crippen molar-refractivity contribution in [1.29, 1.82) is 0 Å². The van der Waals surface area contributed by atoms with Gasteiger partial charge in [-0.15, -0.1) is 0 Å². The van der Waals surface area contributed by atoms with Crippen LogP contribution in [-0.4, -0.2) is 39.0 Å². The van der Waals surface area contributed by atoms with E-state index >= 15 is 0 Å². The zero-order valence-corrected chi connectivity index (χ0v) is 12.1. The Balaban J connectivity index is 1.96. The van der Waals surface area contributed by atoms with Gasteiger partial charge < -0.3 is 14.8 Å². The molecule has 19 heavy (non-hydrogen) atoms. The van der Waals surface area contributed by atoms with Crippen molar-refractivity contribution in [2.45, 2.75) is 51.7 Å². The number of aromatic nitrogens is 2. The van der Waals surface area contributed by atoms with Crippen LogP contribution >= 0.6 is 0 Å². The first-order chi connectivity index (χ1) is 9.11. The highest BCUT2D eigenvalue weighted by molar-refractivity contribution is 5.77. The van der Waals surface area contributed by atoms with Gasteiger partial charge in [-0.3, -0.25) is 4.79 Å². The van der Waals surface area contributed by atoms with E-state index in [1.807, 2.05) is 22.7 Å². The van der Waals surface area contributed by atoms with E-state index in [4.69, 9.17) is 0 Å². The molecule has 0 radical (unpaired) electrons. The second kappa shape index (κ2) is 6.19. The molecule has 106 valence electrons. The second-order valence-electron chi connectivity index (χ2n) is 5.37. The molecule has 0 spiro atoms. The maximum Gasteiger partial charge on any atom is 0.224 e. The van der Waals surface area contributed by atoms with Gasteiger partial charge in [0, 0.05) is 37.9 Å². The molecule has 0 aliphatic heterocycles. The number of carbonyl (C=O) groups is 1. The molecule has 1 fully saturated rings. The van der Waals surface area contributed by atoms with E-state index in [0.29, 0.717) is 19.0 Å². The van der Waals surface area contributed by atoms with E-state index in [9.17, 15) is 4.79 Å². The lowest BCUT2D eigenvalue weighted by atomic mass is 10.2. The van der Waals surface area contributed by atoms with Gasteiger partial charge in [-0.1, -0.05) is 6.92 Å². The van der Waals surface area contributed by atoms with Crippen LogP contribution in [0.1, 0.15) is 38.9 Å². The molecular formula is C14H24N4O. The lowest BCUT2D eigenvalue weighted by Gasteiger charge is -2.24. The van der Waals surface area contributed by atoms with Gasteiger partial charge in [0.05, 0.1) is 6.54 Å². The summed E-state index contributed by atoms with van der Waals surface area (Å²) in [7, 11) is 1.97. The SMILES string of the molecule is CCNC(C)CC(=O)N(Cc1nccn1C)C1CC1. The number of amides is 1. The van der Waals surface area contributed by atoms with Crippen LogP contribution in [0, 0.1) is 0 Å². The number of aryl methyl sites for hydroxylation is 1. The maximum absolute atomic E-state index is 12.4. The van der Waals surface area contributed by atoms with Crippen LogP contribution in [0.15, 0.2) is 12.4 Å². The lowest BCUT2D eigenvalue weighted by Crippen LogP contribution is -2.38. The predicted octanol–water partition coefficient (Wildman–Crippen LogP) is 1.30. The van der Waals surface area contributed by atoms with E-state index in [1.54, 1.807) is 6.20 Å². The fourth-order valence-electron chi connectivity index (χ4n) is 2.31. The van der Waals surface area contributed by atoms with E-state index < -0.39 is 0 Å². The number of nitrogens with one attached hydrogen (secondary N) is 1. The molecule has 1 amide bonds. The average molecular weight is 264 g/mol. The van der Waals surface area contributed by atoms with E-state index in [2.05, 4.69) is 24.1 Å². The summed E-state index contributed by atoms with van der Waals surface area (Å²) in [5.74, 6) is 1.19. The third-order valence-corrected chi connectivity index (χ3v) is 3.57. The van der Waals surface area contributed by atoms with Crippen LogP contribution < -0.4 is 5.32 Å². The maximum atomic E-state index is 12.4. The first-order valence-corrected chi connectivity index (χ1v) is 7.10. The largest absolute Gasteiger partial charge is 0.337 e. The molecule has 1 saturated carbocycles. The fourth-order valence-corrected chi connectivity index (χ4v) is 2.31. The van der Waals surface area contributed by atoms with Crippen molar-refractivity contribution in [3.8, 4) is 0 Å². The highest BCUT2D eigenvalue weighted by Gasteiger charge is 2.33. The van der Waals surface area contributed by atoms with Gasteiger partial charge in [0.15, 0.2) is 0 Å². The molecular weight excluding hydrogens is 240 g/mol. The number of hydrogen-bond donors (Lipinski definition) is 1. The molecule has 0 bridgehead atoms. The van der Waals surface area contributed by atoms with E-state index in [1.165, 1.54) is 0 Å². The fraction of sp³-hybridized carbons (Fsp3) is 0.714. The molecule has 1 unspecified atom stereocenters. The Hall–Kier alpha value is -1.36. The minimum atomic E-state index is 0.235. The van der Waals surface area contributed by atoms with Gasteiger partial charge in [-0.05, 0) is 26.3 Å². The van der Waals surface area contributed by atoms with Gasteiger partial charge in [-0.2, -0.15) is 0 Å². The standard InChI is InChI=1S/C14H24N4O/c1-4-15-11(2)9-14(19)18(12-5-6-12)10-13-16-7-8-17(13)3/h7-8,11-12,15H,4-6,9-10H2,1-3H3. The average Bonchev–Trinajstić information content (AvgIpc) is 3.11. The topological polar surface area (TPSA) is 50.2 Å². The van der Waals surface area contributed by atoms with Gasteiger partial charge in [0.2, 0.25) is 5.91 Å². The van der Waals surface area contributed by atoms with Gasteiger partial charge in [0.25, 0.3) is 0 Å². The Kier molecular flexibility index (Phi) is 4.58. The summed E-state index contributed by atoms with van der Waals surface area (Å²) in [6, 6.07) is 0.665. The Labute approximate surface area is 115 Å². The first kappa shape index (κ1) is 14.1. The smallest absolute Gasteiger partial charge is 0.224 e. The van der Waals surface area contributed by atoms with Crippen molar-refractivity contribution < 1.29 is 4.79 Å². The molecule has 1 heterocycles. The molecule has 0 aromatic carbocycles. The van der Waals surface area contributed by atoms with Crippen LogP contribution in [0.5, 0.6) is 0 Å². The van der Waals surface area contributed by atoms with Gasteiger partial charge >= 0.3 is 0 Å². The van der Waals surface area contributed by atoms with E-state index in [0.717, 1.165) is 25.2 Å². The molecule has 1 atom stereocenters. The highest BCUT2D eigenvalue weighted by Crippen LogP contribution is 2.28. The monoisotopic (exact) mass is 264 g/mol. The summed E-state index contributed by atoms with van der Waals surface area (Å²) < 4.78 is 1.98. The molecule has 5 heteroatoms. The molecule has 1 aliphatic rings. The van der Waals surface area contributed by atoms with Crippen molar-refractivity contribution in [3.63, 3.8) is 0 Å². The van der Waals surface area contributed by atoms with Crippen LogP contribution in [0.3, 0.4) is 0 Å². The van der Waals surface area contributed by atoms with Crippen LogP contribution in [0.4, 0.5) is 0 Å². The second-order valence-corrected chi connectivity index (χ2v) is 5.37. The summed E-state index contributed by atoms with van der Waals surface area (Å²) >= 11 is 0. The van der Waals surface area contributed by atoms with Crippen molar-refractivity contribution in [1.82, 2.24) is 19.8 Å². The van der Waals surface area contributed by atoms with Crippen LogP contribution in [0.25, 0.3) is 0 Å². The van der Waals surface area contributed by atoms with Crippen molar-refractivity contribution in [2.24, 2.45) is 7.05 Å². The Morgan fingerprint density at radius 3 is 2.89 bits per heavy atom. The normalized spacial score (nSPS) is 16.4. The van der Waals surface area contributed by atoms with Gasteiger partial charge in [-0.25, -0.2) is 4.98 Å². The highest BCUT2D eigenvalue weighted by atomic mass is 16.2. The molecule has 1 N–H and O–H groups in total. The van der Waals surface area contributed by atoms with Crippen molar-refractivity contribution in [3.05, 3.63) is 18.2 Å². The number of nitrogens with zero attached hydrogens (tertiary/aromatic N) is 3. The van der Waals surface area contributed by atoms with Crippen LogP contribution in [-0.2, 0) is 18.4 Å². The van der Waals surface area contributed by atoms with Crippen LogP contribution in [0.2, 0.25) is 0 Å². The van der Waals surface area contributed by atoms with Crippen molar-refractivity contribution >= 4 is 5.91 Å². The third kappa shape index (κ3) is 3.80. The zero-order chi connectivity index (χ0) is 13.8. The Morgan fingerprint density at radius 2 is 2.37 bits per heavy atom. The molecule has 1 aromatic rings. The minimum absolute atomic E-state index is 0.235. The summed E-state index contributed by atoms with van der Waals surface area (Å²) in [5.41, 5.74) is 0.